The van der Waals surface area contributed by atoms with Gasteiger partial charge in [-0.25, -0.2) is 4.79 Å². The molecule has 0 amide bonds. The van der Waals surface area contributed by atoms with Crippen molar-refractivity contribution in [3.05, 3.63) is 48.0 Å². The smallest absolute Gasteiger partial charge is 0.347 e. The molecule has 4 heteroatoms. The highest BCUT2D eigenvalue weighted by atomic mass is 16.6. The van der Waals surface area contributed by atoms with E-state index in [0.29, 0.717) is 6.42 Å². The van der Waals surface area contributed by atoms with Crippen LogP contribution in [-0.2, 0) is 25.5 Å². The molecule has 2 aromatic carbocycles. The highest BCUT2D eigenvalue weighted by Gasteiger charge is 2.22. The molecule has 0 heterocycles. The molecule has 0 aromatic heterocycles. The fraction of sp³-hybridized carbons (Fsp3) is 0.250. The molecule has 0 saturated heterocycles. The zero-order chi connectivity index (χ0) is 14.5. The molecule has 0 fully saturated rings. The van der Waals surface area contributed by atoms with E-state index < -0.39 is 18.0 Å². The predicted octanol–water partition coefficient (Wildman–Crippen LogP) is 2.49. The van der Waals surface area contributed by atoms with Gasteiger partial charge in [-0.1, -0.05) is 42.5 Å². The Balaban J connectivity index is 2.23. The van der Waals surface area contributed by atoms with Gasteiger partial charge in [-0.05, 0) is 16.3 Å². The highest BCUT2D eigenvalue weighted by Crippen LogP contribution is 2.17. The average Bonchev–Trinajstić information content (AvgIpc) is 2.45. The van der Waals surface area contributed by atoms with Gasteiger partial charge in [0, 0.05) is 13.3 Å². The van der Waals surface area contributed by atoms with Crippen molar-refractivity contribution in [1.82, 2.24) is 0 Å². The van der Waals surface area contributed by atoms with Crippen LogP contribution in [0.15, 0.2) is 42.5 Å². The summed E-state index contributed by atoms with van der Waals surface area (Å²) in [5.74, 6) is -1.05. The molecule has 20 heavy (non-hydrogen) atoms. The molecule has 0 aliphatic carbocycles. The van der Waals surface area contributed by atoms with E-state index >= 15 is 0 Å². The summed E-state index contributed by atoms with van der Waals surface area (Å²) in [5.41, 5.74) is 0.917. The van der Waals surface area contributed by atoms with Crippen LogP contribution in [0.2, 0.25) is 0 Å². The number of benzene rings is 2. The zero-order valence-corrected chi connectivity index (χ0v) is 11.5. The summed E-state index contributed by atoms with van der Waals surface area (Å²) in [6, 6.07) is 13.8. The Hall–Kier alpha value is -2.36. The van der Waals surface area contributed by atoms with Gasteiger partial charge in [0.2, 0.25) is 6.10 Å². The topological polar surface area (TPSA) is 52.6 Å². The number of methoxy groups -OCH3 is 1. The van der Waals surface area contributed by atoms with Gasteiger partial charge in [0.05, 0.1) is 7.11 Å². The molecule has 104 valence electrons. The summed E-state index contributed by atoms with van der Waals surface area (Å²) in [6.07, 6.45) is -0.601. The van der Waals surface area contributed by atoms with Gasteiger partial charge in [-0.3, -0.25) is 4.79 Å². The molecule has 0 spiro atoms. The van der Waals surface area contributed by atoms with Crippen molar-refractivity contribution < 1.29 is 19.1 Å². The number of esters is 2. The molecule has 0 aliphatic rings. The molecule has 1 atom stereocenters. The summed E-state index contributed by atoms with van der Waals surface area (Å²) in [5, 5.41) is 2.20. The fourth-order valence-corrected chi connectivity index (χ4v) is 2.08. The van der Waals surface area contributed by atoms with Crippen LogP contribution < -0.4 is 0 Å². The number of carbonyl (C=O) groups is 2. The summed E-state index contributed by atoms with van der Waals surface area (Å²) in [4.78, 5) is 22.7. The van der Waals surface area contributed by atoms with Gasteiger partial charge in [0.25, 0.3) is 0 Å². The Morgan fingerprint density at radius 3 is 2.45 bits per heavy atom. The first-order chi connectivity index (χ1) is 9.60. The third-order valence-electron chi connectivity index (χ3n) is 3.01. The van der Waals surface area contributed by atoms with Gasteiger partial charge in [0.15, 0.2) is 0 Å². The molecule has 4 nitrogen and oxygen atoms in total. The van der Waals surface area contributed by atoms with E-state index in [4.69, 9.17) is 4.74 Å². The summed E-state index contributed by atoms with van der Waals surface area (Å²) in [7, 11) is 1.28. The fourth-order valence-electron chi connectivity index (χ4n) is 2.08. The average molecular weight is 272 g/mol. The first-order valence-corrected chi connectivity index (χ1v) is 6.33. The van der Waals surface area contributed by atoms with E-state index in [-0.39, 0.29) is 0 Å². The van der Waals surface area contributed by atoms with Crippen molar-refractivity contribution in [2.24, 2.45) is 0 Å². The second-order valence-corrected chi connectivity index (χ2v) is 4.51. The van der Waals surface area contributed by atoms with Gasteiger partial charge < -0.3 is 9.47 Å². The Labute approximate surface area is 117 Å². The maximum absolute atomic E-state index is 11.6. The summed E-state index contributed by atoms with van der Waals surface area (Å²) >= 11 is 0. The molecular formula is C16H16O4. The molecule has 2 rings (SSSR count). The third kappa shape index (κ3) is 3.35. The molecule has 0 aliphatic heterocycles. The van der Waals surface area contributed by atoms with Crippen LogP contribution in [0.1, 0.15) is 12.5 Å². The minimum absolute atomic E-state index is 0.303. The quantitative estimate of drug-likeness (QED) is 0.802. The molecule has 2 aromatic rings. The number of ether oxygens (including phenoxy) is 2. The lowest BCUT2D eigenvalue weighted by atomic mass is 10.0. The largest absolute Gasteiger partial charge is 0.466 e. The van der Waals surface area contributed by atoms with Gasteiger partial charge in [-0.15, -0.1) is 0 Å². The van der Waals surface area contributed by atoms with Crippen LogP contribution in [-0.4, -0.2) is 25.2 Å². The molecular weight excluding hydrogens is 256 g/mol. The molecule has 0 N–H and O–H groups in total. The van der Waals surface area contributed by atoms with Crippen LogP contribution in [0.3, 0.4) is 0 Å². The Bertz CT molecular complexity index is 633. The van der Waals surface area contributed by atoms with E-state index in [1.807, 2.05) is 42.5 Å². The minimum atomic E-state index is -0.904. The highest BCUT2D eigenvalue weighted by molar-refractivity contribution is 5.83. The van der Waals surface area contributed by atoms with Crippen LogP contribution >= 0.6 is 0 Å². The van der Waals surface area contributed by atoms with Crippen LogP contribution in [0, 0.1) is 0 Å². The second-order valence-electron chi connectivity index (χ2n) is 4.51. The van der Waals surface area contributed by atoms with E-state index in [9.17, 15) is 9.59 Å². The summed E-state index contributed by atoms with van der Waals surface area (Å²) < 4.78 is 9.66. The van der Waals surface area contributed by atoms with Crippen molar-refractivity contribution in [3.63, 3.8) is 0 Å². The first kappa shape index (κ1) is 14.1. The number of hydrogen-bond acceptors (Lipinski definition) is 4. The van der Waals surface area contributed by atoms with Gasteiger partial charge >= 0.3 is 11.9 Å². The maximum atomic E-state index is 11.6. The Morgan fingerprint density at radius 2 is 1.80 bits per heavy atom. The minimum Gasteiger partial charge on any atom is -0.466 e. The second kappa shape index (κ2) is 6.19. The van der Waals surface area contributed by atoms with Crippen molar-refractivity contribution >= 4 is 22.7 Å². The molecule has 0 unspecified atom stereocenters. The lowest BCUT2D eigenvalue weighted by Gasteiger charge is -2.15. The number of fused-ring (bicyclic) bond motifs is 1. The standard InChI is InChI=1S/C16H16O4/c1-11(17)20-15(16(18)19-2)10-12-7-8-13-5-3-4-6-14(13)9-12/h3-9,15H,10H2,1-2H3/t15-/m0/s1. The monoisotopic (exact) mass is 272 g/mol. The van der Waals surface area contributed by atoms with Gasteiger partial charge in [-0.2, -0.15) is 0 Å². The lowest BCUT2D eigenvalue weighted by molar-refractivity contribution is -0.164. The van der Waals surface area contributed by atoms with Crippen LogP contribution in [0.4, 0.5) is 0 Å². The van der Waals surface area contributed by atoms with Crippen molar-refractivity contribution in [2.45, 2.75) is 19.4 Å². The normalized spacial score (nSPS) is 11.9. The molecule has 0 radical (unpaired) electrons. The van der Waals surface area contributed by atoms with E-state index in [1.165, 1.54) is 14.0 Å². The van der Waals surface area contributed by atoms with E-state index in [1.54, 1.807) is 0 Å². The Kier molecular flexibility index (Phi) is 4.35. The van der Waals surface area contributed by atoms with Crippen LogP contribution in [0.5, 0.6) is 0 Å². The molecule has 0 saturated carbocycles. The number of carbonyl (C=O) groups excluding carboxylic acids is 2. The third-order valence-corrected chi connectivity index (χ3v) is 3.01. The zero-order valence-electron chi connectivity index (χ0n) is 11.5. The van der Waals surface area contributed by atoms with Crippen LogP contribution in [0.25, 0.3) is 10.8 Å². The van der Waals surface area contributed by atoms with Crippen molar-refractivity contribution in [1.29, 1.82) is 0 Å². The molecule has 0 bridgehead atoms. The van der Waals surface area contributed by atoms with Gasteiger partial charge in [0.1, 0.15) is 0 Å². The maximum Gasteiger partial charge on any atom is 0.347 e. The van der Waals surface area contributed by atoms with E-state index in [0.717, 1.165) is 16.3 Å². The lowest BCUT2D eigenvalue weighted by Crippen LogP contribution is -2.29. The summed E-state index contributed by atoms with van der Waals surface area (Å²) in [6.45, 7) is 1.27. The van der Waals surface area contributed by atoms with E-state index in [2.05, 4.69) is 4.74 Å². The Morgan fingerprint density at radius 1 is 1.10 bits per heavy atom. The predicted molar refractivity (Wildman–Crippen MR) is 75.2 cm³/mol. The SMILES string of the molecule is COC(=O)[C@H](Cc1ccc2ccccc2c1)OC(C)=O. The first-order valence-electron chi connectivity index (χ1n) is 6.33. The number of rotatable bonds is 4. The van der Waals surface area contributed by atoms with Crippen molar-refractivity contribution in [3.8, 4) is 0 Å². The number of hydrogen-bond donors (Lipinski definition) is 0. The van der Waals surface area contributed by atoms with Crippen molar-refractivity contribution in [2.75, 3.05) is 7.11 Å².